The Hall–Kier alpha value is -1.68. The van der Waals surface area contributed by atoms with Gasteiger partial charge < -0.3 is 5.32 Å². The van der Waals surface area contributed by atoms with E-state index in [9.17, 15) is 4.79 Å². The Morgan fingerprint density at radius 3 is 2.76 bits per heavy atom. The van der Waals surface area contributed by atoms with Gasteiger partial charge in [-0.2, -0.15) is 0 Å². The molecule has 1 amide bonds. The molecule has 1 aliphatic rings. The summed E-state index contributed by atoms with van der Waals surface area (Å²) >= 11 is 3.69. The van der Waals surface area contributed by atoms with Gasteiger partial charge in [-0.3, -0.25) is 9.78 Å². The standard InChI is InChI=1S/C17H17BrN2O/c1-10-7-8-13(11(2)19-10)17(21)20-16-14-6-4-3-5-12(14)9-15(16)18/h3-8,15-16H,9H2,1-2H3,(H,20,21). The Bertz CT molecular complexity index is 699. The van der Waals surface area contributed by atoms with E-state index in [1.807, 2.05) is 38.1 Å². The summed E-state index contributed by atoms with van der Waals surface area (Å²) in [4.78, 5) is 17.1. The number of alkyl halides is 1. The van der Waals surface area contributed by atoms with Crippen LogP contribution in [-0.2, 0) is 6.42 Å². The van der Waals surface area contributed by atoms with E-state index in [0.29, 0.717) is 5.56 Å². The van der Waals surface area contributed by atoms with Crippen LogP contribution < -0.4 is 5.32 Å². The number of benzene rings is 1. The summed E-state index contributed by atoms with van der Waals surface area (Å²) in [7, 11) is 0. The molecule has 21 heavy (non-hydrogen) atoms. The highest BCUT2D eigenvalue weighted by Gasteiger charge is 2.31. The second-order valence-corrected chi connectivity index (χ2v) is 6.63. The molecule has 4 heteroatoms. The molecule has 1 N–H and O–H groups in total. The lowest BCUT2D eigenvalue weighted by Gasteiger charge is -2.18. The first-order chi connectivity index (χ1) is 10.1. The third-order valence-electron chi connectivity index (χ3n) is 3.92. The number of carbonyl (C=O) groups is 1. The maximum absolute atomic E-state index is 12.5. The van der Waals surface area contributed by atoms with E-state index in [2.05, 4.69) is 38.4 Å². The van der Waals surface area contributed by atoms with Crippen molar-refractivity contribution in [1.82, 2.24) is 10.3 Å². The molecule has 1 aromatic carbocycles. The molecule has 3 rings (SSSR count). The van der Waals surface area contributed by atoms with Crippen molar-refractivity contribution < 1.29 is 4.79 Å². The summed E-state index contributed by atoms with van der Waals surface area (Å²) in [6, 6.07) is 12.0. The largest absolute Gasteiger partial charge is 0.344 e. The Morgan fingerprint density at radius 1 is 1.24 bits per heavy atom. The number of hydrogen-bond acceptors (Lipinski definition) is 2. The summed E-state index contributed by atoms with van der Waals surface area (Å²) < 4.78 is 0. The monoisotopic (exact) mass is 344 g/mol. The van der Waals surface area contributed by atoms with Gasteiger partial charge in [0.25, 0.3) is 5.91 Å². The molecule has 1 heterocycles. The molecule has 0 saturated heterocycles. The minimum absolute atomic E-state index is 0.00871. The maximum atomic E-state index is 12.5. The normalized spacial score (nSPS) is 20.1. The summed E-state index contributed by atoms with van der Waals surface area (Å²) in [6.45, 7) is 3.80. The van der Waals surface area contributed by atoms with Gasteiger partial charge in [-0.15, -0.1) is 0 Å². The Kier molecular flexibility index (Phi) is 3.81. The van der Waals surface area contributed by atoms with E-state index in [1.54, 1.807) is 0 Å². The van der Waals surface area contributed by atoms with Crippen LogP contribution in [-0.4, -0.2) is 15.7 Å². The molecule has 1 aliphatic carbocycles. The number of pyridine rings is 1. The van der Waals surface area contributed by atoms with Gasteiger partial charge in [-0.1, -0.05) is 40.2 Å². The molecular formula is C17H17BrN2O. The van der Waals surface area contributed by atoms with Crippen molar-refractivity contribution in [3.05, 3.63) is 64.5 Å². The van der Waals surface area contributed by atoms with E-state index in [0.717, 1.165) is 17.8 Å². The topological polar surface area (TPSA) is 42.0 Å². The molecule has 0 spiro atoms. The van der Waals surface area contributed by atoms with Crippen molar-refractivity contribution in [3.8, 4) is 0 Å². The average Bonchev–Trinajstić information content (AvgIpc) is 2.75. The zero-order chi connectivity index (χ0) is 15.0. The van der Waals surface area contributed by atoms with Crippen LogP contribution in [0, 0.1) is 13.8 Å². The first kappa shape index (κ1) is 14.3. The maximum Gasteiger partial charge on any atom is 0.253 e. The van der Waals surface area contributed by atoms with Gasteiger partial charge in [0.1, 0.15) is 0 Å². The van der Waals surface area contributed by atoms with Crippen LogP contribution in [0.4, 0.5) is 0 Å². The number of nitrogens with one attached hydrogen (secondary N) is 1. The Balaban J connectivity index is 1.85. The van der Waals surface area contributed by atoms with Gasteiger partial charge in [-0.05, 0) is 43.5 Å². The summed E-state index contributed by atoms with van der Waals surface area (Å²) in [5, 5.41) is 3.14. The number of amides is 1. The molecule has 0 radical (unpaired) electrons. The first-order valence-corrected chi connectivity index (χ1v) is 7.95. The van der Waals surface area contributed by atoms with E-state index < -0.39 is 0 Å². The van der Waals surface area contributed by atoms with Gasteiger partial charge in [-0.25, -0.2) is 0 Å². The number of nitrogens with zero attached hydrogens (tertiary/aromatic N) is 1. The first-order valence-electron chi connectivity index (χ1n) is 7.03. The van der Waals surface area contributed by atoms with E-state index in [1.165, 1.54) is 11.1 Å². The lowest BCUT2D eigenvalue weighted by atomic mass is 10.1. The average molecular weight is 345 g/mol. The molecule has 108 valence electrons. The summed E-state index contributed by atoms with van der Waals surface area (Å²) in [6.07, 6.45) is 0.937. The molecule has 0 bridgehead atoms. The summed E-state index contributed by atoms with van der Waals surface area (Å²) in [5.74, 6) is -0.0637. The van der Waals surface area contributed by atoms with Gasteiger partial charge >= 0.3 is 0 Å². The van der Waals surface area contributed by atoms with E-state index >= 15 is 0 Å². The number of rotatable bonds is 2. The highest BCUT2D eigenvalue weighted by Crippen LogP contribution is 2.35. The molecule has 3 nitrogen and oxygen atoms in total. The fourth-order valence-electron chi connectivity index (χ4n) is 2.86. The molecule has 0 saturated carbocycles. The predicted octanol–water partition coefficient (Wildman–Crippen LogP) is 3.49. The number of aromatic nitrogens is 1. The lowest BCUT2D eigenvalue weighted by molar-refractivity contribution is 0.0937. The smallest absolute Gasteiger partial charge is 0.253 e. The number of halogens is 1. The number of aryl methyl sites for hydroxylation is 2. The van der Waals surface area contributed by atoms with Crippen LogP contribution in [0.3, 0.4) is 0 Å². The Labute approximate surface area is 132 Å². The second-order valence-electron chi connectivity index (χ2n) is 5.46. The SMILES string of the molecule is Cc1ccc(C(=O)NC2c3ccccc3CC2Br)c(C)n1. The third-order valence-corrected chi connectivity index (χ3v) is 4.78. The van der Waals surface area contributed by atoms with E-state index in [4.69, 9.17) is 0 Å². The molecule has 0 aliphatic heterocycles. The molecule has 2 aromatic rings. The molecular weight excluding hydrogens is 328 g/mol. The molecule has 2 atom stereocenters. The number of carbonyl (C=O) groups excluding carboxylic acids is 1. The zero-order valence-electron chi connectivity index (χ0n) is 12.1. The fraction of sp³-hybridized carbons (Fsp3) is 0.294. The van der Waals surface area contributed by atoms with Crippen LogP contribution in [0.15, 0.2) is 36.4 Å². The van der Waals surface area contributed by atoms with Crippen molar-refractivity contribution in [2.24, 2.45) is 0 Å². The number of fused-ring (bicyclic) bond motifs is 1. The van der Waals surface area contributed by atoms with Crippen molar-refractivity contribution >= 4 is 21.8 Å². The minimum atomic E-state index is -0.0637. The lowest BCUT2D eigenvalue weighted by Crippen LogP contribution is -2.32. The van der Waals surface area contributed by atoms with Crippen LogP contribution >= 0.6 is 15.9 Å². The minimum Gasteiger partial charge on any atom is -0.344 e. The third kappa shape index (κ3) is 2.72. The van der Waals surface area contributed by atoms with Crippen LogP contribution in [0.25, 0.3) is 0 Å². The highest BCUT2D eigenvalue weighted by atomic mass is 79.9. The molecule has 2 unspecified atom stereocenters. The van der Waals surface area contributed by atoms with Crippen molar-refractivity contribution in [3.63, 3.8) is 0 Å². The fourth-order valence-corrected chi connectivity index (χ4v) is 3.63. The predicted molar refractivity (Wildman–Crippen MR) is 86.8 cm³/mol. The molecule has 1 aromatic heterocycles. The van der Waals surface area contributed by atoms with Crippen molar-refractivity contribution in [1.29, 1.82) is 0 Å². The van der Waals surface area contributed by atoms with Gasteiger partial charge in [0.2, 0.25) is 0 Å². The quantitative estimate of drug-likeness (QED) is 0.847. The zero-order valence-corrected chi connectivity index (χ0v) is 13.6. The van der Waals surface area contributed by atoms with Crippen LogP contribution in [0.5, 0.6) is 0 Å². The van der Waals surface area contributed by atoms with Crippen LogP contribution in [0.2, 0.25) is 0 Å². The Morgan fingerprint density at radius 2 is 2.00 bits per heavy atom. The van der Waals surface area contributed by atoms with Crippen LogP contribution in [0.1, 0.15) is 38.9 Å². The van der Waals surface area contributed by atoms with Crippen molar-refractivity contribution in [2.75, 3.05) is 0 Å². The second kappa shape index (κ2) is 5.60. The van der Waals surface area contributed by atoms with E-state index in [-0.39, 0.29) is 16.8 Å². The molecule has 0 fully saturated rings. The van der Waals surface area contributed by atoms with Gasteiger partial charge in [0.15, 0.2) is 0 Å². The van der Waals surface area contributed by atoms with Crippen molar-refractivity contribution in [2.45, 2.75) is 31.1 Å². The van der Waals surface area contributed by atoms with Gasteiger partial charge in [0, 0.05) is 10.5 Å². The number of hydrogen-bond donors (Lipinski definition) is 1. The highest BCUT2D eigenvalue weighted by molar-refractivity contribution is 9.09. The van der Waals surface area contributed by atoms with Gasteiger partial charge in [0.05, 0.1) is 17.3 Å². The summed E-state index contributed by atoms with van der Waals surface area (Å²) in [5.41, 5.74) is 4.83.